The van der Waals surface area contributed by atoms with Crippen molar-refractivity contribution in [3.8, 4) is 11.6 Å². The summed E-state index contributed by atoms with van der Waals surface area (Å²) in [5.74, 6) is 0.495. The molecular weight excluding hydrogens is 356 g/mol. The molecule has 26 heavy (non-hydrogen) atoms. The summed E-state index contributed by atoms with van der Waals surface area (Å²) in [4.78, 5) is 16.7. The Balaban J connectivity index is 1.72. The fourth-order valence-corrected chi connectivity index (χ4v) is 3.35. The van der Waals surface area contributed by atoms with Gasteiger partial charge in [0.15, 0.2) is 0 Å². The van der Waals surface area contributed by atoms with Crippen LogP contribution in [0.15, 0.2) is 36.5 Å². The molecule has 0 saturated heterocycles. The molecule has 1 amide bonds. The molecule has 0 aliphatic heterocycles. The van der Waals surface area contributed by atoms with E-state index in [4.69, 9.17) is 16.3 Å². The van der Waals surface area contributed by atoms with Gasteiger partial charge in [-0.1, -0.05) is 23.7 Å². The second-order valence-electron chi connectivity index (χ2n) is 6.53. The number of pyridine rings is 1. The van der Waals surface area contributed by atoms with E-state index >= 15 is 0 Å². The van der Waals surface area contributed by atoms with Crippen LogP contribution < -0.4 is 10.1 Å². The first kappa shape index (κ1) is 18.5. The van der Waals surface area contributed by atoms with Gasteiger partial charge in [-0.15, -0.1) is 0 Å². The molecule has 1 aliphatic rings. The van der Waals surface area contributed by atoms with Crippen LogP contribution in [-0.4, -0.2) is 34.3 Å². The molecular formula is C19H21ClN2O4. The van der Waals surface area contributed by atoms with Gasteiger partial charge in [-0.2, -0.15) is 0 Å². The van der Waals surface area contributed by atoms with Crippen LogP contribution in [0.4, 0.5) is 0 Å². The van der Waals surface area contributed by atoms with Gasteiger partial charge in [0.05, 0.1) is 30.7 Å². The fourth-order valence-electron chi connectivity index (χ4n) is 3.14. The Morgan fingerprint density at radius 1 is 1.38 bits per heavy atom. The molecule has 1 aromatic heterocycles. The van der Waals surface area contributed by atoms with Gasteiger partial charge in [0, 0.05) is 12.3 Å². The molecule has 0 radical (unpaired) electrons. The lowest BCUT2D eigenvalue weighted by molar-refractivity contribution is -0.122. The van der Waals surface area contributed by atoms with Gasteiger partial charge in [-0.3, -0.25) is 4.79 Å². The highest BCUT2D eigenvalue weighted by Crippen LogP contribution is 2.38. The molecule has 1 atom stereocenters. The number of phenols is 1. The van der Waals surface area contributed by atoms with E-state index in [0.29, 0.717) is 24.3 Å². The Morgan fingerprint density at radius 3 is 2.73 bits per heavy atom. The van der Waals surface area contributed by atoms with E-state index in [1.54, 1.807) is 31.5 Å². The summed E-state index contributed by atoms with van der Waals surface area (Å²) in [5.41, 5.74) is 1.59. The Kier molecular flexibility index (Phi) is 5.64. The first-order chi connectivity index (χ1) is 12.5. The Morgan fingerprint density at radius 2 is 2.15 bits per heavy atom. The lowest BCUT2D eigenvalue weighted by Crippen LogP contribution is -2.41. The van der Waals surface area contributed by atoms with Crippen LogP contribution in [0.3, 0.4) is 0 Å². The molecule has 6 nitrogen and oxygen atoms in total. The summed E-state index contributed by atoms with van der Waals surface area (Å²) in [6, 6.07) is 8.11. The SMILES string of the molecule is COc1ccc([C@H](NC(=O)Cc2ccc(O)c(Cl)c2)C2CC(O)C2)cn1. The van der Waals surface area contributed by atoms with Crippen LogP contribution in [0.2, 0.25) is 5.02 Å². The minimum absolute atomic E-state index is 0.0125. The predicted molar refractivity (Wildman–Crippen MR) is 97.2 cm³/mol. The Hall–Kier alpha value is -2.31. The maximum Gasteiger partial charge on any atom is 0.224 e. The van der Waals surface area contributed by atoms with E-state index in [1.807, 2.05) is 6.07 Å². The average Bonchev–Trinajstić information content (AvgIpc) is 2.60. The summed E-state index contributed by atoms with van der Waals surface area (Å²) in [6.45, 7) is 0. The van der Waals surface area contributed by atoms with E-state index in [-0.39, 0.29) is 41.2 Å². The molecule has 0 bridgehead atoms. The molecule has 3 rings (SSSR count). The van der Waals surface area contributed by atoms with Crippen molar-refractivity contribution in [2.45, 2.75) is 31.4 Å². The number of methoxy groups -OCH3 is 1. The van der Waals surface area contributed by atoms with E-state index < -0.39 is 0 Å². The van der Waals surface area contributed by atoms with Crippen LogP contribution >= 0.6 is 11.6 Å². The number of aromatic nitrogens is 1. The van der Waals surface area contributed by atoms with Gasteiger partial charge < -0.3 is 20.3 Å². The fraction of sp³-hybridized carbons (Fsp3) is 0.368. The van der Waals surface area contributed by atoms with Crippen molar-refractivity contribution in [3.05, 3.63) is 52.7 Å². The third-order valence-electron chi connectivity index (χ3n) is 4.64. The smallest absolute Gasteiger partial charge is 0.224 e. The molecule has 3 N–H and O–H groups in total. The van der Waals surface area contributed by atoms with Gasteiger partial charge in [0.2, 0.25) is 11.8 Å². The summed E-state index contributed by atoms with van der Waals surface area (Å²) in [7, 11) is 1.55. The highest BCUT2D eigenvalue weighted by Gasteiger charge is 2.35. The van der Waals surface area contributed by atoms with E-state index in [2.05, 4.69) is 10.3 Å². The summed E-state index contributed by atoms with van der Waals surface area (Å²) in [6.07, 6.45) is 2.80. The van der Waals surface area contributed by atoms with Crippen LogP contribution in [0.25, 0.3) is 0 Å². The minimum Gasteiger partial charge on any atom is -0.506 e. The van der Waals surface area contributed by atoms with Crippen molar-refractivity contribution in [1.29, 1.82) is 0 Å². The number of nitrogens with one attached hydrogen (secondary N) is 1. The maximum atomic E-state index is 12.5. The number of carbonyl (C=O) groups is 1. The molecule has 1 aliphatic carbocycles. The summed E-state index contributed by atoms with van der Waals surface area (Å²) in [5, 5.41) is 22.4. The molecule has 1 saturated carbocycles. The number of ether oxygens (including phenoxy) is 1. The molecule has 0 unspecified atom stereocenters. The number of nitrogens with zero attached hydrogens (tertiary/aromatic N) is 1. The zero-order valence-corrected chi connectivity index (χ0v) is 15.1. The number of aliphatic hydroxyl groups excluding tert-OH is 1. The zero-order chi connectivity index (χ0) is 18.7. The third-order valence-corrected chi connectivity index (χ3v) is 4.94. The largest absolute Gasteiger partial charge is 0.506 e. The van der Waals surface area contributed by atoms with Gasteiger partial charge in [-0.25, -0.2) is 4.98 Å². The summed E-state index contributed by atoms with van der Waals surface area (Å²) < 4.78 is 5.08. The number of benzene rings is 1. The lowest BCUT2D eigenvalue weighted by atomic mass is 9.75. The van der Waals surface area contributed by atoms with E-state index in [0.717, 1.165) is 5.56 Å². The number of phenolic OH excluding ortho intramolecular Hbond substituents is 1. The lowest BCUT2D eigenvalue weighted by Gasteiger charge is -2.38. The van der Waals surface area contributed by atoms with Gasteiger partial charge in [-0.05, 0) is 42.0 Å². The van der Waals surface area contributed by atoms with E-state index in [9.17, 15) is 15.0 Å². The number of aromatic hydroxyl groups is 1. The van der Waals surface area contributed by atoms with Crippen molar-refractivity contribution in [2.24, 2.45) is 5.92 Å². The number of aliphatic hydroxyl groups is 1. The van der Waals surface area contributed by atoms with Crippen LogP contribution in [0.1, 0.15) is 30.0 Å². The molecule has 7 heteroatoms. The number of rotatable bonds is 6. The van der Waals surface area contributed by atoms with Gasteiger partial charge in [0.1, 0.15) is 5.75 Å². The van der Waals surface area contributed by atoms with Crippen LogP contribution in [0, 0.1) is 5.92 Å². The number of carbonyl (C=O) groups excluding carboxylic acids is 1. The zero-order valence-electron chi connectivity index (χ0n) is 14.4. The molecule has 2 aromatic rings. The van der Waals surface area contributed by atoms with Crippen molar-refractivity contribution in [2.75, 3.05) is 7.11 Å². The number of halogens is 1. The van der Waals surface area contributed by atoms with Crippen molar-refractivity contribution >= 4 is 17.5 Å². The highest BCUT2D eigenvalue weighted by molar-refractivity contribution is 6.32. The standard InChI is InChI=1S/C19H21ClN2O4/c1-26-18-5-3-12(10-21-18)19(13-8-14(23)9-13)22-17(25)7-11-2-4-16(24)15(20)6-11/h2-6,10,13-14,19,23-24H,7-9H2,1H3,(H,22,25)/t13?,14?,19-/m0/s1. The molecule has 138 valence electrons. The maximum absolute atomic E-state index is 12.5. The van der Waals surface area contributed by atoms with E-state index in [1.165, 1.54) is 6.07 Å². The topological polar surface area (TPSA) is 91.7 Å². The third kappa shape index (κ3) is 4.26. The summed E-state index contributed by atoms with van der Waals surface area (Å²) >= 11 is 5.90. The highest BCUT2D eigenvalue weighted by atomic mass is 35.5. The minimum atomic E-state index is -0.318. The molecule has 1 heterocycles. The first-order valence-electron chi connectivity index (χ1n) is 8.41. The van der Waals surface area contributed by atoms with Gasteiger partial charge in [0.25, 0.3) is 0 Å². The van der Waals surface area contributed by atoms with Crippen LogP contribution in [0.5, 0.6) is 11.6 Å². The van der Waals surface area contributed by atoms with Crippen molar-refractivity contribution < 1.29 is 19.7 Å². The normalized spacial score (nSPS) is 20.1. The van der Waals surface area contributed by atoms with Crippen molar-refractivity contribution in [3.63, 3.8) is 0 Å². The molecule has 1 fully saturated rings. The number of amides is 1. The van der Waals surface area contributed by atoms with Crippen LogP contribution in [-0.2, 0) is 11.2 Å². The first-order valence-corrected chi connectivity index (χ1v) is 8.79. The monoisotopic (exact) mass is 376 g/mol. The number of hydrogen-bond donors (Lipinski definition) is 3. The molecule has 1 aromatic carbocycles. The second kappa shape index (κ2) is 7.93. The predicted octanol–water partition coefficient (Wildman–Crippen LogP) is 2.62. The average molecular weight is 377 g/mol. The number of hydrogen-bond acceptors (Lipinski definition) is 5. The quantitative estimate of drug-likeness (QED) is 0.720. The van der Waals surface area contributed by atoms with Gasteiger partial charge >= 0.3 is 0 Å². The second-order valence-corrected chi connectivity index (χ2v) is 6.93. The van der Waals surface area contributed by atoms with Crippen molar-refractivity contribution in [1.82, 2.24) is 10.3 Å². The Labute approximate surface area is 156 Å². The molecule has 0 spiro atoms. The Bertz CT molecular complexity index is 776.